The Labute approximate surface area is 229 Å². The van der Waals surface area contributed by atoms with Crippen LogP contribution in [0.2, 0.25) is 5.02 Å². The zero-order chi connectivity index (χ0) is 26.9. The number of aromatic nitrogens is 2. The summed E-state index contributed by atoms with van der Waals surface area (Å²) in [6, 6.07) is 10.7. The number of aliphatic hydroxyl groups is 1. The van der Waals surface area contributed by atoms with E-state index in [9.17, 15) is 14.3 Å². The van der Waals surface area contributed by atoms with Gasteiger partial charge >= 0.3 is 0 Å². The van der Waals surface area contributed by atoms with Crippen LogP contribution in [0.15, 0.2) is 54.9 Å². The number of para-hydroxylation sites is 1. The Morgan fingerprint density at radius 1 is 1.15 bits per heavy atom. The van der Waals surface area contributed by atoms with Gasteiger partial charge in [0.15, 0.2) is 23.1 Å². The number of H-pyrrole nitrogens is 1. The highest BCUT2D eigenvalue weighted by atomic mass is 35.5. The molecule has 0 bridgehead atoms. The monoisotopic (exact) mass is 551 g/mol. The average Bonchev–Trinajstić information content (AvgIpc) is 3.66. The standard InChI is InChI=1S/C29H27ClFN3O5/c30-22-11-18(39-24-4-2-1-3-23(24)31)9-10-20(22)28(36)21-12-32-29-26(21)27(25(13-33-29)38-17-7-8-17)34-16-5-6-19(14-35)37-15-16/h1-4,9-13,16-17,19,35H,5-8,14-15H2,(H2,32,33,34)/t16-,19+/m1/s1. The van der Waals surface area contributed by atoms with E-state index in [1.54, 1.807) is 36.7 Å². The molecule has 0 radical (unpaired) electrons. The largest absolute Gasteiger partial charge is 0.487 e. The first-order valence-electron chi connectivity index (χ1n) is 12.9. The number of aliphatic hydroxyl groups excluding tert-OH is 1. The van der Waals surface area contributed by atoms with Crippen molar-refractivity contribution in [3.8, 4) is 17.2 Å². The molecule has 6 rings (SSSR count). The van der Waals surface area contributed by atoms with Crippen molar-refractivity contribution in [1.82, 2.24) is 9.97 Å². The van der Waals surface area contributed by atoms with E-state index in [0.29, 0.717) is 40.4 Å². The van der Waals surface area contributed by atoms with Gasteiger partial charge in [0.2, 0.25) is 0 Å². The van der Waals surface area contributed by atoms with Crippen LogP contribution in [0.25, 0.3) is 11.0 Å². The number of ketones is 1. The van der Waals surface area contributed by atoms with Gasteiger partial charge in [-0.15, -0.1) is 0 Å². The highest BCUT2D eigenvalue weighted by Gasteiger charge is 2.29. The molecule has 2 aromatic carbocycles. The smallest absolute Gasteiger partial charge is 0.196 e. The van der Waals surface area contributed by atoms with Crippen LogP contribution in [0.1, 0.15) is 41.6 Å². The van der Waals surface area contributed by atoms with Crippen LogP contribution in [0.4, 0.5) is 10.1 Å². The number of pyridine rings is 1. The molecule has 2 aromatic heterocycles. The molecule has 1 saturated heterocycles. The van der Waals surface area contributed by atoms with Crippen molar-refractivity contribution in [2.24, 2.45) is 0 Å². The average molecular weight is 552 g/mol. The molecular weight excluding hydrogens is 525 g/mol. The van der Waals surface area contributed by atoms with Gasteiger partial charge in [0.1, 0.15) is 11.4 Å². The number of carbonyl (C=O) groups is 1. The number of halogens is 2. The topological polar surface area (TPSA) is 106 Å². The molecule has 202 valence electrons. The van der Waals surface area contributed by atoms with Crippen molar-refractivity contribution in [2.45, 2.75) is 43.9 Å². The minimum absolute atomic E-state index is 0.0103. The van der Waals surface area contributed by atoms with Gasteiger partial charge in [0.05, 0.1) is 53.3 Å². The van der Waals surface area contributed by atoms with Crippen LogP contribution >= 0.6 is 11.6 Å². The van der Waals surface area contributed by atoms with Gasteiger partial charge in [-0.2, -0.15) is 0 Å². The Morgan fingerprint density at radius 2 is 2.00 bits per heavy atom. The van der Waals surface area contributed by atoms with Crippen LogP contribution in [-0.4, -0.2) is 52.3 Å². The molecule has 2 atom stereocenters. The van der Waals surface area contributed by atoms with E-state index in [2.05, 4.69) is 15.3 Å². The summed E-state index contributed by atoms with van der Waals surface area (Å²) in [7, 11) is 0. The summed E-state index contributed by atoms with van der Waals surface area (Å²) >= 11 is 6.53. The molecule has 10 heteroatoms. The lowest BCUT2D eigenvalue weighted by molar-refractivity contribution is -0.0223. The molecule has 0 unspecified atom stereocenters. The third-order valence-corrected chi connectivity index (χ3v) is 7.21. The number of hydrogen-bond donors (Lipinski definition) is 3. The lowest BCUT2D eigenvalue weighted by Crippen LogP contribution is -2.36. The third kappa shape index (κ3) is 5.43. The summed E-state index contributed by atoms with van der Waals surface area (Å²) in [6.45, 7) is 0.407. The normalized spacial score (nSPS) is 19.2. The van der Waals surface area contributed by atoms with Gasteiger partial charge in [0, 0.05) is 23.9 Å². The first kappa shape index (κ1) is 25.6. The molecule has 1 aliphatic heterocycles. The number of nitrogens with one attached hydrogen (secondary N) is 2. The zero-order valence-electron chi connectivity index (χ0n) is 21.0. The molecule has 2 aliphatic rings. The predicted molar refractivity (Wildman–Crippen MR) is 145 cm³/mol. The molecule has 1 aliphatic carbocycles. The lowest BCUT2D eigenvalue weighted by Gasteiger charge is -2.30. The number of fused-ring (bicyclic) bond motifs is 1. The van der Waals surface area contributed by atoms with Crippen LogP contribution in [0.3, 0.4) is 0 Å². The van der Waals surface area contributed by atoms with E-state index < -0.39 is 5.82 Å². The summed E-state index contributed by atoms with van der Waals surface area (Å²) in [5, 5.41) is 13.7. The van der Waals surface area contributed by atoms with E-state index in [1.165, 1.54) is 18.2 Å². The fraction of sp³-hybridized carbons (Fsp3) is 0.310. The van der Waals surface area contributed by atoms with Crippen molar-refractivity contribution >= 4 is 34.1 Å². The number of nitrogens with zero attached hydrogens (tertiary/aromatic N) is 1. The summed E-state index contributed by atoms with van der Waals surface area (Å²) in [5.74, 6) is 0.133. The Bertz CT molecular complexity index is 1510. The minimum atomic E-state index is -0.500. The molecule has 4 aromatic rings. The van der Waals surface area contributed by atoms with Crippen LogP contribution in [-0.2, 0) is 4.74 Å². The van der Waals surface area contributed by atoms with E-state index in [4.69, 9.17) is 25.8 Å². The molecular formula is C29H27ClFN3O5. The number of anilines is 1. The number of hydrogen-bond acceptors (Lipinski definition) is 7. The third-order valence-electron chi connectivity index (χ3n) is 6.90. The van der Waals surface area contributed by atoms with E-state index in [0.717, 1.165) is 25.7 Å². The number of carbonyl (C=O) groups excluding carboxylic acids is 1. The Kier molecular flexibility index (Phi) is 7.12. The second-order valence-corrected chi connectivity index (χ2v) is 10.2. The van der Waals surface area contributed by atoms with Gasteiger partial charge in [0.25, 0.3) is 0 Å². The maximum Gasteiger partial charge on any atom is 0.196 e. The summed E-state index contributed by atoms with van der Waals surface area (Å²) in [4.78, 5) is 21.4. The molecule has 39 heavy (non-hydrogen) atoms. The molecule has 8 nitrogen and oxygen atoms in total. The van der Waals surface area contributed by atoms with Crippen LogP contribution in [0, 0.1) is 5.82 Å². The second kappa shape index (κ2) is 10.8. The van der Waals surface area contributed by atoms with Crippen molar-refractivity contribution in [1.29, 1.82) is 0 Å². The van der Waals surface area contributed by atoms with E-state index >= 15 is 0 Å². The molecule has 0 spiro atoms. The minimum Gasteiger partial charge on any atom is -0.487 e. The number of aromatic amines is 1. The number of rotatable bonds is 9. The molecule has 3 heterocycles. The van der Waals surface area contributed by atoms with Gasteiger partial charge in [-0.25, -0.2) is 9.37 Å². The highest BCUT2D eigenvalue weighted by molar-refractivity contribution is 6.36. The van der Waals surface area contributed by atoms with Crippen molar-refractivity contribution in [3.05, 3.63) is 76.8 Å². The van der Waals surface area contributed by atoms with Gasteiger partial charge in [-0.05, 0) is 49.9 Å². The van der Waals surface area contributed by atoms with E-state index in [-0.39, 0.29) is 47.0 Å². The fourth-order valence-electron chi connectivity index (χ4n) is 4.67. The molecule has 0 amide bonds. The lowest BCUT2D eigenvalue weighted by atomic mass is 10.0. The number of ether oxygens (including phenoxy) is 3. The maximum absolute atomic E-state index is 14.0. The fourth-order valence-corrected chi connectivity index (χ4v) is 4.92. The second-order valence-electron chi connectivity index (χ2n) is 9.80. The first-order chi connectivity index (χ1) is 19.0. The molecule has 1 saturated carbocycles. The van der Waals surface area contributed by atoms with Crippen molar-refractivity contribution in [3.63, 3.8) is 0 Å². The number of benzene rings is 2. The van der Waals surface area contributed by atoms with Gasteiger partial charge in [-0.3, -0.25) is 4.79 Å². The van der Waals surface area contributed by atoms with E-state index in [1.807, 2.05) is 0 Å². The molecule has 2 fully saturated rings. The van der Waals surface area contributed by atoms with Gasteiger partial charge < -0.3 is 29.6 Å². The Balaban J connectivity index is 1.32. The Hall–Kier alpha value is -3.66. The maximum atomic E-state index is 14.0. The SMILES string of the molecule is O=C(c1ccc(Oc2ccccc2F)cc1Cl)c1c[nH]c2ncc(OC3CC3)c(N[C@@H]3CC[C@@H](CO)OC3)c12. The summed E-state index contributed by atoms with van der Waals surface area (Å²) < 4.78 is 31.6. The van der Waals surface area contributed by atoms with Crippen molar-refractivity contribution in [2.75, 3.05) is 18.5 Å². The first-order valence-corrected chi connectivity index (χ1v) is 13.3. The predicted octanol–water partition coefficient (Wildman–Crippen LogP) is 5.87. The van der Waals surface area contributed by atoms with Crippen LogP contribution in [0.5, 0.6) is 17.2 Å². The highest BCUT2D eigenvalue weighted by Crippen LogP contribution is 2.40. The van der Waals surface area contributed by atoms with Gasteiger partial charge in [-0.1, -0.05) is 23.7 Å². The molecule has 3 N–H and O–H groups in total. The van der Waals surface area contributed by atoms with Crippen molar-refractivity contribution < 1.29 is 28.5 Å². The summed E-state index contributed by atoms with van der Waals surface area (Å²) in [6.07, 6.45) is 6.69. The quantitative estimate of drug-likeness (QED) is 0.223. The zero-order valence-corrected chi connectivity index (χ0v) is 21.7. The van der Waals surface area contributed by atoms with Crippen LogP contribution < -0.4 is 14.8 Å². The Morgan fingerprint density at radius 3 is 2.72 bits per heavy atom. The summed E-state index contributed by atoms with van der Waals surface area (Å²) in [5.41, 5.74) is 1.85.